The normalized spacial score (nSPS) is 10.3. The molecule has 0 radical (unpaired) electrons. The molecule has 7 heteroatoms. The zero-order valence-electron chi connectivity index (χ0n) is 9.47. The largest absolute Gasteiger partial charge is 0.395 e. The van der Waals surface area contributed by atoms with Crippen LogP contribution in [0.5, 0.6) is 0 Å². The summed E-state index contributed by atoms with van der Waals surface area (Å²) in [6, 6.07) is 2.71. The molecule has 0 aromatic carbocycles. The van der Waals surface area contributed by atoms with Gasteiger partial charge in [-0.3, -0.25) is 10.1 Å². The Hall–Kier alpha value is -1.40. The highest BCUT2D eigenvalue weighted by atomic mass is 35.5. The highest BCUT2D eigenvalue weighted by Gasteiger charge is 2.20. The van der Waals surface area contributed by atoms with E-state index < -0.39 is 4.92 Å². The average molecular weight is 260 g/mol. The third kappa shape index (κ3) is 3.54. The third-order valence-electron chi connectivity index (χ3n) is 2.18. The molecule has 94 valence electrons. The summed E-state index contributed by atoms with van der Waals surface area (Å²) in [6.45, 7) is 2.73. The molecule has 0 saturated carbocycles. The van der Waals surface area contributed by atoms with Crippen molar-refractivity contribution in [2.75, 3.05) is 24.6 Å². The highest BCUT2D eigenvalue weighted by Crippen LogP contribution is 2.27. The number of aliphatic hydroxyl groups is 1. The SMILES string of the molecule is CCCN(CCO)c1nc(Cl)ccc1[N+](=O)[O-]. The van der Waals surface area contributed by atoms with Gasteiger partial charge in [0.15, 0.2) is 0 Å². The smallest absolute Gasteiger partial charge is 0.311 e. The highest BCUT2D eigenvalue weighted by molar-refractivity contribution is 6.29. The number of aromatic nitrogens is 1. The van der Waals surface area contributed by atoms with Gasteiger partial charge in [0, 0.05) is 19.2 Å². The second kappa shape index (κ2) is 6.36. The molecular weight excluding hydrogens is 246 g/mol. The number of nitrogens with zero attached hydrogens (tertiary/aromatic N) is 3. The summed E-state index contributed by atoms with van der Waals surface area (Å²) in [6.07, 6.45) is 0.797. The summed E-state index contributed by atoms with van der Waals surface area (Å²) in [4.78, 5) is 16.0. The first-order valence-corrected chi connectivity index (χ1v) is 5.64. The summed E-state index contributed by atoms with van der Waals surface area (Å²) in [5.74, 6) is 0.207. The minimum absolute atomic E-state index is 0.0919. The Bertz CT molecular complexity index is 394. The van der Waals surface area contributed by atoms with Crippen LogP contribution in [0.4, 0.5) is 11.5 Å². The van der Waals surface area contributed by atoms with Crippen LogP contribution in [0.15, 0.2) is 12.1 Å². The quantitative estimate of drug-likeness (QED) is 0.479. The lowest BCUT2D eigenvalue weighted by atomic mass is 10.3. The predicted octanol–water partition coefficient (Wildman–Crippen LogP) is 1.85. The number of aliphatic hydroxyl groups excluding tert-OH is 1. The van der Waals surface area contributed by atoms with Crippen molar-refractivity contribution >= 4 is 23.1 Å². The summed E-state index contributed by atoms with van der Waals surface area (Å²) in [7, 11) is 0. The van der Waals surface area contributed by atoms with E-state index in [0.29, 0.717) is 13.1 Å². The zero-order chi connectivity index (χ0) is 12.8. The molecular formula is C10H14ClN3O3. The Balaban J connectivity index is 3.14. The first-order chi connectivity index (χ1) is 8.10. The number of hydrogen-bond acceptors (Lipinski definition) is 5. The van der Waals surface area contributed by atoms with Crippen molar-refractivity contribution in [1.82, 2.24) is 4.98 Å². The van der Waals surface area contributed by atoms with Gasteiger partial charge in [0.05, 0.1) is 11.5 Å². The molecule has 1 aromatic rings. The lowest BCUT2D eigenvalue weighted by Gasteiger charge is -2.21. The molecule has 1 N–H and O–H groups in total. The maximum atomic E-state index is 10.9. The Kier molecular flexibility index (Phi) is 5.11. The monoisotopic (exact) mass is 259 g/mol. The van der Waals surface area contributed by atoms with Crippen LogP contribution in [-0.2, 0) is 0 Å². The fourth-order valence-corrected chi connectivity index (χ4v) is 1.65. The number of nitro groups is 1. The van der Waals surface area contributed by atoms with E-state index in [-0.39, 0.29) is 23.3 Å². The van der Waals surface area contributed by atoms with Gasteiger partial charge in [0.2, 0.25) is 5.82 Å². The lowest BCUT2D eigenvalue weighted by molar-refractivity contribution is -0.384. The van der Waals surface area contributed by atoms with Crippen LogP contribution >= 0.6 is 11.6 Å². The van der Waals surface area contributed by atoms with Crippen LogP contribution in [0, 0.1) is 10.1 Å². The molecule has 0 aliphatic rings. The molecule has 0 amide bonds. The van der Waals surface area contributed by atoms with Gasteiger partial charge in [-0.1, -0.05) is 18.5 Å². The van der Waals surface area contributed by atoms with Gasteiger partial charge in [0.1, 0.15) is 5.15 Å². The number of pyridine rings is 1. The molecule has 0 aliphatic carbocycles. The van der Waals surface area contributed by atoms with Gasteiger partial charge in [-0.15, -0.1) is 0 Å². The lowest BCUT2D eigenvalue weighted by Crippen LogP contribution is -2.29. The topological polar surface area (TPSA) is 79.5 Å². The average Bonchev–Trinajstić information content (AvgIpc) is 2.28. The van der Waals surface area contributed by atoms with Crippen LogP contribution in [0.1, 0.15) is 13.3 Å². The van der Waals surface area contributed by atoms with Crippen molar-refractivity contribution in [3.63, 3.8) is 0 Å². The second-order valence-electron chi connectivity index (χ2n) is 3.44. The fraction of sp³-hybridized carbons (Fsp3) is 0.500. The molecule has 0 bridgehead atoms. The van der Waals surface area contributed by atoms with Crippen LogP contribution < -0.4 is 4.90 Å². The standard InChI is InChI=1S/C10H14ClN3O3/c1-2-5-13(6-7-15)10-8(14(16)17)3-4-9(11)12-10/h3-4,15H,2,5-7H2,1H3. The Morgan fingerprint density at radius 1 is 1.53 bits per heavy atom. The molecule has 0 saturated heterocycles. The van der Waals surface area contributed by atoms with E-state index in [4.69, 9.17) is 16.7 Å². The maximum absolute atomic E-state index is 10.9. The molecule has 0 aliphatic heterocycles. The number of hydrogen-bond donors (Lipinski definition) is 1. The van der Waals surface area contributed by atoms with Gasteiger partial charge in [-0.25, -0.2) is 4.98 Å². The van der Waals surface area contributed by atoms with Crippen molar-refractivity contribution in [2.24, 2.45) is 0 Å². The summed E-state index contributed by atoms with van der Waals surface area (Å²) >= 11 is 5.74. The molecule has 0 unspecified atom stereocenters. The Labute approximate surface area is 104 Å². The minimum atomic E-state index is -0.501. The Morgan fingerprint density at radius 2 is 2.24 bits per heavy atom. The predicted molar refractivity (Wildman–Crippen MR) is 65.5 cm³/mol. The van der Waals surface area contributed by atoms with Crippen molar-refractivity contribution in [3.8, 4) is 0 Å². The fourth-order valence-electron chi connectivity index (χ4n) is 1.51. The van der Waals surface area contributed by atoms with Crippen molar-refractivity contribution in [2.45, 2.75) is 13.3 Å². The maximum Gasteiger partial charge on any atom is 0.311 e. The molecule has 0 atom stereocenters. The van der Waals surface area contributed by atoms with E-state index in [9.17, 15) is 10.1 Å². The van der Waals surface area contributed by atoms with E-state index in [1.54, 1.807) is 4.90 Å². The van der Waals surface area contributed by atoms with E-state index in [1.807, 2.05) is 6.92 Å². The molecule has 1 rings (SSSR count). The summed E-state index contributed by atoms with van der Waals surface area (Å²) in [5.41, 5.74) is -0.101. The van der Waals surface area contributed by atoms with Crippen LogP contribution in [0.25, 0.3) is 0 Å². The van der Waals surface area contributed by atoms with Gasteiger partial charge >= 0.3 is 5.69 Å². The molecule has 1 aromatic heterocycles. The molecule has 6 nitrogen and oxygen atoms in total. The molecule has 0 fully saturated rings. The summed E-state index contributed by atoms with van der Waals surface area (Å²) < 4.78 is 0. The van der Waals surface area contributed by atoms with Gasteiger partial charge < -0.3 is 10.0 Å². The van der Waals surface area contributed by atoms with E-state index in [2.05, 4.69) is 4.98 Å². The van der Waals surface area contributed by atoms with Gasteiger partial charge in [-0.05, 0) is 12.5 Å². The molecule has 0 spiro atoms. The number of halogens is 1. The van der Waals surface area contributed by atoms with E-state index >= 15 is 0 Å². The van der Waals surface area contributed by atoms with Gasteiger partial charge in [-0.2, -0.15) is 0 Å². The van der Waals surface area contributed by atoms with Gasteiger partial charge in [0.25, 0.3) is 0 Å². The molecule has 17 heavy (non-hydrogen) atoms. The first kappa shape index (κ1) is 13.7. The van der Waals surface area contributed by atoms with E-state index in [1.165, 1.54) is 12.1 Å². The van der Waals surface area contributed by atoms with E-state index in [0.717, 1.165) is 6.42 Å². The van der Waals surface area contributed by atoms with Crippen LogP contribution in [0.2, 0.25) is 5.15 Å². The third-order valence-corrected chi connectivity index (χ3v) is 2.39. The zero-order valence-corrected chi connectivity index (χ0v) is 10.2. The van der Waals surface area contributed by atoms with Crippen molar-refractivity contribution in [3.05, 3.63) is 27.4 Å². The summed E-state index contributed by atoms with van der Waals surface area (Å²) in [5, 5.41) is 20.0. The first-order valence-electron chi connectivity index (χ1n) is 5.27. The van der Waals surface area contributed by atoms with Crippen LogP contribution in [0.3, 0.4) is 0 Å². The minimum Gasteiger partial charge on any atom is -0.395 e. The second-order valence-corrected chi connectivity index (χ2v) is 3.83. The van der Waals surface area contributed by atoms with Crippen molar-refractivity contribution in [1.29, 1.82) is 0 Å². The number of anilines is 1. The Morgan fingerprint density at radius 3 is 2.76 bits per heavy atom. The molecule has 1 heterocycles. The van der Waals surface area contributed by atoms with Crippen molar-refractivity contribution < 1.29 is 10.0 Å². The van der Waals surface area contributed by atoms with Crippen LogP contribution in [-0.4, -0.2) is 34.7 Å². The number of rotatable bonds is 6.